The van der Waals surface area contributed by atoms with Crippen LogP contribution in [0.5, 0.6) is 5.88 Å². The molecule has 0 spiro atoms. The van der Waals surface area contributed by atoms with Crippen molar-refractivity contribution in [1.29, 1.82) is 0 Å². The Morgan fingerprint density at radius 3 is 3.00 bits per heavy atom. The minimum atomic E-state index is -0.169. The Kier molecular flexibility index (Phi) is 4.54. The smallest absolute Gasteiger partial charge is 0.245 e. The number of alkyl halides is 1. The van der Waals surface area contributed by atoms with Crippen molar-refractivity contribution < 1.29 is 4.74 Å². The molecule has 1 saturated heterocycles. The van der Waals surface area contributed by atoms with Gasteiger partial charge in [0.15, 0.2) is 11.2 Å². The number of imidazole rings is 1. The lowest BCUT2D eigenvalue weighted by atomic mass is 10.2. The van der Waals surface area contributed by atoms with Crippen molar-refractivity contribution in [2.24, 2.45) is 0 Å². The maximum absolute atomic E-state index is 6.31. The Labute approximate surface area is 133 Å². The predicted octanol–water partition coefficient (Wildman–Crippen LogP) is 3.42. The summed E-state index contributed by atoms with van der Waals surface area (Å²) in [5.74, 6) is 2.59. The number of methoxy groups -OCH3 is 1. The number of hydrogen-bond acceptors (Lipinski definition) is 5. The van der Waals surface area contributed by atoms with E-state index in [2.05, 4.69) is 19.5 Å². The van der Waals surface area contributed by atoms with Crippen LogP contribution in [0.3, 0.4) is 0 Å². The van der Waals surface area contributed by atoms with E-state index in [-0.39, 0.29) is 5.38 Å². The van der Waals surface area contributed by atoms with Gasteiger partial charge in [0.05, 0.1) is 12.5 Å². The molecule has 1 aliphatic rings. The van der Waals surface area contributed by atoms with E-state index >= 15 is 0 Å². The van der Waals surface area contributed by atoms with Crippen LogP contribution in [0.4, 0.5) is 0 Å². The van der Waals surface area contributed by atoms with E-state index in [4.69, 9.17) is 16.3 Å². The molecular formula is C14H19ClN4OS. The summed E-state index contributed by atoms with van der Waals surface area (Å²) in [6.45, 7) is 2.83. The van der Waals surface area contributed by atoms with Crippen molar-refractivity contribution in [3.63, 3.8) is 0 Å². The topological polar surface area (TPSA) is 52.8 Å². The second-order valence-electron chi connectivity index (χ2n) is 5.24. The number of hydrogen-bond donors (Lipinski definition) is 0. The average molecular weight is 327 g/mol. The molecule has 0 amide bonds. The number of fused-ring (bicyclic) bond motifs is 1. The van der Waals surface area contributed by atoms with Crippen LogP contribution in [0.15, 0.2) is 6.33 Å². The van der Waals surface area contributed by atoms with Crippen molar-refractivity contribution in [2.75, 3.05) is 12.9 Å². The highest BCUT2D eigenvalue weighted by Crippen LogP contribution is 2.31. The van der Waals surface area contributed by atoms with Gasteiger partial charge >= 0.3 is 0 Å². The fraction of sp³-hybridized carbons (Fsp3) is 0.643. The van der Waals surface area contributed by atoms with Gasteiger partial charge in [0, 0.05) is 11.8 Å². The third-order valence-corrected chi connectivity index (χ3v) is 5.31. The summed E-state index contributed by atoms with van der Waals surface area (Å²) in [6, 6.07) is 0. The molecule has 7 heteroatoms. The lowest BCUT2D eigenvalue weighted by Crippen LogP contribution is -2.19. The quantitative estimate of drug-likeness (QED) is 0.806. The van der Waals surface area contributed by atoms with Crippen LogP contribution in [0.25, 0.3) is 11.2 Å². The molecule has 2 unspecified atom stereocenters. The first-order valence-corrected chi connectivity index (χ1v) is 8.70. The molecule has 0 saturated carbocycles. The fourth-order valence-corrected chi connectivity index (χ4v) is 4.18. The minimum Gasteiger partial charge on any atom is -0.479 e. The van der Waals surface area contributed by atoms with Gasteiger partial charge in [-0.3, -0.25) is 0 Å². The van der Waals surface area contributed by atoms with Gasteiger partial charge in [-0.1, -0.05) is 6.42 Å². The summed E-state index contributed by atoms with van der Waals surface area (Å²) in [7, 11) is 1.60. The van der Waals surface area contributed by atoms with Gasteiger partial charge in [0.2, 0.25) is 5.88 Å². The van der Waals surface area contributed by atoms with Crippen molar-refractivity contribution >= 4 is 34.5 Å². The Morgan fingerprint density at radius 2 is 2.33 bits per heavy atom. The van der Waals surface area contributed by atoms with E-state index in [1.165, 1.54) is 31.3 Å². The SMILES string of the molecule is COc1ncnc2c1nc(C(C)Cl)n2CC1CCCCS1. The van der Waals surface area contributed by atoms with Crippen LogP contribution in [-0.4, -0.2) is 37.6 Å². The maximum Gasteiger partial charge on any atom is 0.245 e. The van der Waals surface area contributed by atoms with Gasteiger partial charge in [0.1, 0.15) is 12.2 Å². The molecular weight excluding hydrogens is 308 g/mol. The normalized spacial score (nSPS) is 20.6. The van der Waals surface area contributed by atoms with Crippen molar-refractivity contribution in [1.82, 2.24) is 19.5 Å². The largest absolute Gasteiger partial charge is 0.479 e. The molecule has 0 radical (unpaired) electrons. The molecule has 0 bridgehead atoms. The molecule has 0 aliphatic carbocycles. The van der Waals surface area contributed by atoms with Gasteiger partial charge in [-0.15, -0.1) is 11.6 Å². The van der Waals surface area contributed by atoms with Crippen LogP contribution >= 0.6 is 23.4 Å². The van der Waals surface area contributed by atoms with Crippen LogP contribution in [-0.2, 0) is 6.54 Å². The zero-order chi connectivity index (χ0) is 14.8. The van der Waals surface area contributed by atoms with Crippen molar-refractivity contribution in [3.8, 4) is 5.88 Å². The monoisotopic (exact) mass is 326 g/mol. The number of halogens is 1. The predicted molar refractivity (Wildman–Crippen MR) is 86.2 cm³/mol. The number of aromatic nitrogens is 4. The van der Waals surface area contributed by atoms with E-state index in [0.717, 1.165) is 18.0 Å². The van der Waals surface area contributed by atoms with E-state index in [1.54, 1.807) is 7.11 Å². The molecule has 1 aliphatic heterocycles. The van der Waals surface area contributed by atoms with Crippen LogP contribution < -0.4 is 4.74 Å². The Hall–Kier alpha value is -1.01. The van der Waals surface area contributed by atoms with Crippen LogP contribution in [0.1, 0.15) is 37.4 Å². The summed E-state index contributed by atoms with van der Waals surface area (Å²) in [5, 5.41) is 0.434. The highest BCUT2D eigenvalue weighted by molar-refractivity contribution is 7.99. The number of ether oxygens (including phenoxy) is 1. The summed E-state index contributed by atoms with van der Waals surface area (Å²) >= 11 is 8.35. The molecule has 114 valence electrons. The molecule has 2 aromatic rings. The highest BCUT2D eigenvalue weighted by atomic mass is 35.5. The van der Waals surface area contributed by atoms with E-state index in [9.17, 15) is 0 Å². The van der Waals surface area contributed by atoms with Gasteiger partial charge in [-0.25, -0.2) is 9.97 Å². The first-order chi connectivity index (χ1) is 10.2. The third-order valence-electron chi connectivity index (χ3n) is 3.74. The van der Waals surface area contributed by atoms with E-state index in [0.29, 0.717) is 16.6 Å². The summed E-state index contributed by atoms with van der Waals surface area (Å²) in [5.41, 5.74) is 1.51. The first-order valence-electron chi connectivity index (χ1n) is 7.21. The molecule has 0 N–H and O–H groups in total. The Morgan fingerprint density at radius 1 is 1.48 bits per heavy atom. The zero-order valence-corrected chi connectivity index (χ0v) is 13.8. The Bertz CT molecular complexity index is 625. The summed E-state index contributed by atoms with van der Waals surface area (Å²) < 4.78 is 7.43. The van der Waals surface area contributed by atoms with Crippen LogP contribution in [0, 0.1) is 0 Å². The average Bonchev–Trinajstić information content (AvgIpc) is 2.87. The zero-order valence-electron chi connectivity index (χ0n) is 12.3. The summed E-state index contributed by atoms with van der Waals surface area (Å²) in [4.78, 5) is 13.1. The molecule has 2 aromatic heterocycles. The second-order valence-corrected chi connectivity index (χ2v) is 7.30. The van der Waals surface area contributed by atoms with Gasteiger partial charge in [-0.2, -0.15) is 16.7 Å². The van der Waals surface area contributed by atoms with Gasteiger partial charge in [-0.05, 0) is 25.5 Å². The maximum atomic E-state index is 6.31. The first kappa shape index (κ1) is 14.9. The lowest BCUT2D eigenvalue weighted by Gasteiger charge is -2.22. The molecule has 21 heavy (non-hydrogen) atoms. The van der Waals surface area contributed by atoms with Gasteiger partial charge < -0.3 is 9.30 Å². The standard InChI is InChI=1S/C14H19ClN4OS/c1-9(15)12-18-11-13(16-8-17-14(11)20-2)19(12)7-10-5-3-4-6-21-10/h8-10H,3-7H2,1-2H3. The number of thioether (sulfide) groups is 1. The van der Waals surface area contributed by atoms with Crippen molar-refractivity contribution in [3.05, 3.63) is 12.2 Å². The number of rotatable bonds is 4. The van der Waals surface area contributed by atoms with E-state index in [1.807, 2.05) is 18.7 Å². The lowest BCUT2D eigenvalue weighted by molar-refractivity contribution is 0.401. The summed E-state index contributed by atoms with van der Waals surface area (Å²) in [6.07, 6.45) is 5.38. The van der Waals surface area contributed by atoms with Crippen molar-refractivity contribution in [2.45, 2.75) is 43.4 Å². The van der Waals surface area contributed by atoms with Gasteiger partial charge in [0.25, 0.3) is 0 Å². The number of nitrogens with zero attached hydrogens (tertiary/aromatic N) is 4. The third kappa shape index (κ3) is 2.97. The molecule has 5 nitrogen and oxygen atoms in total. The molecule has 1 fully saturated rings. The van der Waals surface area contributed by atoms with Crippen LogP contribution in [0.2, 0.25) is 0 Å². The highest BCUT2D eigenvalue weighted by Gasteiger charge is 2.23. The second kappa shape index (κ2) is 6.40. The molecule has 3 rings (SSSR count). The Balaban J connectivity index is 2.03. The molecule has 0 aromatic carbocycles. The van der Waals surface area contributed by atoms with E-state index < -0.39 is 0 Å². The fourth-order valence-electron chi connectivity index (χ4n) is 2.72. The molecule has 3 heterocycles. The minimum absolute atomic E-state index is 0.169. The molecule has 2 atom stereocenters.